The molecule has 0 unspecified atom stereocenters. The molecule has 0 atom stereocenters. The van der Waals surface area contributed by atoms with E-state index in [2.05, 4.69) is 15.9 Å². The Morgan fingerprint density at radius 3 is 2.79 bits per heavy atom. The van der Waals surface area contributed by atoms with Crippen LogP contribution in [0.5, 0.6) is 11.5 Å². The number of ether oxygens (including phenoxy) is 1. The monoisotopic (exact) mass is 256 g/mol. The summed E-state index contributed by atoms with van der Waals surface area (Å²) in [5.74, 6) is 1.80. The first-order valence-corrected chi connectivity index (χ1v) is 5.66. The van der Waals surface area contributed by atoms with Crippen LogP contribution in [0.25, 0.3) is 0 Å². The summed E-state index contributed by atoms with van der Waals surface area (Å²) in [5.41, 5.74) is 0. The third-order valence-corrected chi connectivity index (χ3v) is 3.23. The molecule has 0 saturated heterocycles. The Morgan fingerprint density at radius 1 is 1.43 bits per heavy atom. The first-order valence-electron chi connectivity index (χ1n) is 4.87. The zero-order chi connectivity index (χ0) is 9.97. The van der Waals surface area contributed by atoms with E-state index in [-0.39, 0.29) is 5.75 Å². The van der Waals surface area contributed by atoms with Gasteiger partial charge in [0.2, 0.25) is 0 Å². The lowest BCUT2D eigenvalue weighted by Crippen LogP contribution is -2.19. The van der Waals surface area contributed by atoms with E-state index in [0.717, 1.165) is 22.7 Å². The molecule has 1 aromatic carbocycles. The summed E-state index contributed by atoms with van der Waals surface area (Å²) < 4.78 is 6.45. The molecule has 1 N–H and O–H groups in total. The lowest BCUT2D eigenvalue weighted by molar-refractivity contribution is 0.179. The molecule has 0 aliphatic heterocycles. The second-order valence-electron chi connectivity index (χ2n) is 3.72. The van der Waals surface area contributed by atoms with E-state index in [4.69, 9.17) is 4.74 Å². The van der Waals surface area contributed by atoms with Crippen molar-refractivity contribution in [3.8, 4) is 11.5 Å². The van der Waals surface area contributed by atoms with Gasteiger partial charge in [-0.05, 0) is 52.9 Å². The van der Waals surface area contributed by atoms with Crippen molar-refractivity contribution in [3.05, 3.63) is 22.7 Å². The van der Waals surface area contributed by atoms with Gasteiger partial charge in [-0.15, -0.1) is 0 Å². The summed E-state index contributed by atoms with van der Waals surface area (Å²) in [4.78, 5) is 0. The van der Waals surface area contributed by atoms with Gasteiger partial charge in [0.1, 0.15) is 11.5 Å². The van der Waals surface area contributed by atoms with Crippen LogP contribution in [0.1, 0.15) is 19.3 Å². The lowest BCUT2D eigenvalue weighted by Gasteiger charge is -2.25. The van der Waals surface area contributed by atoms with Crippen LogP contribution in [0.3, 0.4) is 0 Å². The molecule has 1 aromatic rings. The molecule has 2 nitrogen and oxygen atoms in total. The van der Waals surface area contributed by atoms with E-state index in [1.807, 2.05) is 0 Å². The predicted molar refractivity (Wildman–Crippen MR) is 58.6 cm³/mol. The molecule has 1 saturated carbocycles. The number of phenols is 1. The van der Waals surface area contributed by atoms with Gasteiger partial charge in [0, 0.05) is 0 Å². The molecule has 1 aliphatic carbocycles. The highest BCUT2D eigenvalue weighted by Crippen LogP contribution is 2.31. The summed E-state index contributed by atoms with van der Waals surface area (Å²) in [6, 6.07) is 5.08. The van der Waals surface area contributed by atoms with E-state index < -0.39 is 0 Å². The largest absolute Gasteiger partial charge is 0.508 e. The van der Waals surface area contributed by atoms with Crippen LogP contribution in [0.4, 0.5) is 0 Å². The van der Waals surface area contributed by atoms with Crippen molar-refractivity contribution in [2.45, 2.75) is 19.3 Å². The quantitative estimate of drug-likeness (QED) is 0.899. The summed E-state index contributed by atoms with van der Waals surface area (Å²) in [7, 11) is 0. The molecule has 0 spiro atoms. The van der Waals surface area contributed by atoms with E-state index in [0.29, 0.717) is 0 Å². The predicted octanol–water partition coefficient (Wildman–Crippen LogP) is 3.33. The second kappa shape index (κ2) is 4.22. The van der Waals surface area contributed by atoms with Crippen LogP contribution in [-0.2, 0) is 0 Å². The Morgan fingerprint density at radius 2 is 2.21 bits per heavy atom. The van der Waals surface area contributed by atoms with Gasteiger partial charge in [-0.3, -0.25) is 0 Å². The van der Waals surface area contributed by atoms with Crippen molar-refractivity contribution in [1.82, 2.24) is 0 Å². The number of rotatable bonds is 3. The molecule has 2 rings (SSSR count). The van der Waals surface area contributed by atoms with E-state index in [1.165, 1.54) is 19.3 Å². The third kappa shape index (κ3) is 2.21. The Kier molecular flexibility index (Phi) is 2.96. The molecule has 0 radical (unpaired) electrons. The van der Waals surface area contributed by atoms with Gasteiger partial charge in [-0.25, -0.2) is 0 Å². The highest BCUT2D eigenvalue weighted by molar-refractivity contribution is 9.10. The molecule has 1 aliphatic rings. The molecule has 0 aromatic heterocycles. The van der Waals surface area contributed by atoms with Crippen molar-refractivity contribution in [2.24, 2.45) is 5.92 Å². The van der Waals surface area contributed by atoms with Crippen LogP contribution < -0.4 is 4.74 Å². The maximum Gasteiger partial charge on any atom is 0.133 e. The molecule has 0 heterocycles. The minimum atomic E-state index is 0.257. The van der Waals surface area contributed by atoms with Crippen LogP contribution in [0.15, 0.2) is 22.7 Å². The molecular formula is C11H13BrO2. The number of hydrogen-bond acceptors (Lipinski definition) is 2. The standard InChI is InChI=1S/C11H13BrO2/c12-10-6-9(13)4-5-11(10)14-7-8-2-1-3-8/h4-6,8,13H,1-3,7H2. The van der Waals surface area contributed by atoms with Crippen LogP contribution >= 0.6 is 15.9 Å². The Bertz CT molecular complexity index is 321. The molecule has 14 heavy (non-hydrogen) atoms. The van der Waals surface area contributed by atoms with Crippen molar-refractivity contribution < 1.29 is 9.84 Å². The molecule has 76 valence electrons. The highest BCUT2D eigenvalue weighted by Gasteiger charge is 2.18. The van der Waals surface area contributed by atoms with Crippen LogP contribution in [-0.4, -0.2) is 11.7 Å². The van der Waals surface area contributed by atoms with Crippen molar-refractivity contribution in [1.29, 1.82) is 0 Å². The topological polar surface area (TPSA) is 29.5 Å². The number of benzene rings is 1. The number of aromatic hydroxyl groups is 1. The SMILES string of the molecule is Oc1ccc(OCC2CCC2)c(Br)c1. The fraction of sp³-hybridized carbons (Fsp3) is 0.455. The first-order chi connectivity index (χ1) is 6.75. The average Bonchev–Trinajstić information content (AvgIpc) is 2.05. The molecule has 1 fully saturated rings. The van der Waals surface area contributed by atoms with Crippen molar-refractivity contribution in [2.75, 3.05) is 6.61 Å². The Hall–Kier alpha value is -0.700. The first kappa shape index (κ1) is 9.84. The lowest BCUT2D eigenvalue weighted by atomic mass is 9.86. The van der Waals surface area contributed by atoms with Gasteiger partial charge in [0.25, 0.3) is 0 Å². The Balaban J connectivity index is 1.94. The number of halogens is 1. The van der Waals surface area contributed by atoms with Crippen molar-refractivity contribution in [3.63, 3.8) is 0 Å². The maximum absolute atomic E-state index is 9.19. The number of hydrogen-bond donors (Lipinski definition) is 1. The molecule has 0 bridgehead atoms. The third-order valence-electron chi connectivity index (χ3n) is 2.61. The fourth-order valence-corrected chi connectivity index (χ4v) is 1.96. The highest BCUT2D eigenvalue weighted by atomic mass is 79.9. The van der Waals surface area contributed by atoms with Crippen molar-refractivity contribution >= 4 is 15.9 Å². The minimum Gasteiger partial charge on any atom is -0.508 e. The number of phenolic OH excluding ortho intramolecular Hbond substituents is 1. The van der Waals surface area contributed by atoms with Gasteiger partial charge in [0.15, 0.2) is 0 Å². The summed E-state index contributed by atoms with van der Waals surface area (Å²) >= 11 is 3.35. The van der Waals surface area contributed by atoms with Gasteiger partial charge < -0.3 is 9.84 Å². The zero-order valence-electron chi connectivity index (χ0n) is 7.87. The van der Waals surface area contributed by atoms with E-state index >= 15 is 0 Å². The normalized spacial score (nSPS) is 16.4. The molecule has 0 amide bonds. The second-order valence-corrected chi connectivity index (χ2v) is 4.58. The average molecular weight is 257 g/mol. The molecule has 3 heteroatoms. The zero-order valence-corrected chi connectivity index (χ0v) is 9.46. The maximum atomic E-state index is 9.19. The minimum absolute atomic E-state index is 0.257. The van der Waals surface area contributed by atoms with E-state index in [9.17, 15) is 5.11 Å². The van der Waals surface area contributed by atoms with Crippen LogP contribution in [0, 0.1) is 5.92 Å². The van der Waals surface area contributed by atoms with Gasteiger partial charge in [-0.2, -0.15) is 0 Å². The summed E-state index contributed by atoms with van der Waals surface area (Å²) in [6.07, 6.45) is 3.91. The summed E-state index contributed by atoms with van der Waals surface area (Å²) in [5, 5.41) is 9.19. The Labute approximate surface area is 92.0 Å². The fourth-order valence-electron chi connectivity index (χ4n) is 1.47. The van der Waals surface area contributed by atoms with E-state index in [1.54, 1.807) is 18.2 Å². The summed E-state index contributed by atoms with van der Waals surface area (Å²) in [6.45, 7) is 0.795. The van der Waals surface area contributed by atoms with Crippen LogP contribution in [0.2, 0.25) is 0 Å². The molecular weight excluding hydrogens is 244 g/mol. The van der Waals surface area contributed by atoms with Gasteiger partial charge >= 0.3 is 0 Å². The van der Waals surface area contributed by atoms with Gasteiger partial charge in [-0.1, -0.05) is 6.42 Å². The smallest absolute Gasteiger partial charge is 0.133 e. The van der Waals surface area contributed by atoms with Gasteiger partial charge in [0.05, 0.1) is 11.1 Å².